The lowest BCUT2D eigenvalue weighted by atomic mass is 9.83. The second-order valence-electron chi connectivity index (χ2n) is 8.42. The first-order chi connectivity index (χ1) is 13.3. The number of anilines is 1. The predicted molar refractivity (Wildman–Crippen MR) is 104 cm³/mol. The molecule has 3 saturated carbocycles. The van der Waals surface area contributed by atoms with Crippen LogP contribution in [0.4, 0.5) is 5.82 Å². The molecule has 0 aromatic carbocycles. The van der Waals surface area contributed by atoms with Crippen LogP contribution >= 0.6 is 0 Å². The lowest BCUT2D eigenvalue weighted by molar-refractivity contribution is 0.301. The van der Waals surface area contributed by atoms with Gasteiger partial charge in [-0.15, -0.1) is 0 Å². The Kier molecular flexibility index (Phi) is 4.42. The van der Waals surface area contributed by atoms with Crippen molar-refractivity contribution in [2.24, 2.45) is 0 Å². The molecule has 3 aliphatic carbocycles. The van der Waals surface area contributed by atoms with Crippen LogP contribution in [0.2, 0.25) is 0 Å². The summed E-state index contributed by atoms with van der Waals surface area (Å²) >= 11 is 0. The predicted octanol–water partition coefficient (Wildman–Crippen LogP) is 3.77. The molecule has 0 amide bonds. The van der Waals surface area contributed by atoms with Gasteiger partial charge in [-0.05, 0) is 57.4 Å². The van der Waals surface area contributed by atoms with E-state index in [1.807, 2.05) is 6.07 Å². The molecule has 2 aromatic heterocycles. The van der Waals surface area contributed by atoms with Crippen molar-refractivity contribution in [2.45, 2.75) is 81.7 Å². The number of nitrogens with one attached hydrogen (secondary N) is 1. The highest BCUT2D eigenvalue weighted by atomic mass is 16.1. The van der Waals surface area contributed by atoms with Crippen LogP contribution in [0.5, 0.6) is 0 Å². The molecule has 27 heavy (non-hydrogen) atoms. The van der Waals surface area contributed by atoms with Crippen molar-refractivity contribution in [1.82, 2.24) is 19.7 Å². The third-order valence-electron chi connectivity index (χ3n) is 6.45. The molecule has 0 aliphatic heterocycles. The first-order valence-electron chi connectivity index (χ1n) is 10.4. The molecule has 2 heterocycles. The molecule has 0 unspecified atom stereocenters. The van der Waals surface area contributed by atoms with Gasteiger partial charge in [0.05, 0.1) is 11.7 Å². The van der Waals surface area contributed by atoms with E-state index in [9.17, 15) is 4.79 Å². The summed E-state index contributed by atoms with van der Waals surface area (Å²) in [7, 11) is 0. The Hall–Kier alpha value is -2.24. The Morgan fingerprint density at radius 2 is 1.67 bits per heavy atom. The summed E-state index contributed by atoms with van der Waals surface area (Å²) in [5.41, 5.74) is 2.32. The van der Waals surface area contributed by atoms with E-state index in [-0.39, 0.29) is 11.6 Å². The average molecular weight is 365 g/mol. The maximum Gasteiger partial charge on any atom is 0.267 e. The molecule has 1 N–H and O–H groups in total. The van der Waals surface area contributed by atoms with Gasteiger partial charge >= 0.3 is 0 Å². The first-order valence-corrected chi connectivity index (χ1v) is 10.4. The Balaban J connectivity index is 1.22. The van der Waals surface area contributed by atoms with Crippen molar-refractivity contribution in [2.75, 3.05) is 5.32 Å². The lowest BCUT2D eigenvalue weighted by Crippen LogP contribution is -2.33. The van der Waals surface area contributed by atoms with Gasteiger partial charge in [-0.2, -0.15) is 5.10 Å². The number of hydrogen-bond acceptors (Lipinski definition) is 5. The molecule has 0 bridgehead atoms. The largest absolute Gasteiger partial charge is 0.367 e. The summed E-state index contributed by atoms with van der Waals surface area (Å²) in [6.45, 7) is 0. The summed E-state index contributed by atoms with van der Waals surface area (Å²) in [6, 6.07) is 6.38. The Bertz CT molecular complexity index is 863. The number of aromatic nitrogens is 4. The molecule has 2 aromatic rings. The van der Waals surface area contributed by atoms with Gasteiger partial charge in [-0.3, -0.25) is 4.79 Å². The molecule has 6 nitrogen and oxygen atoms in total. The monoisotopic (exact) mass is 365 g/mol. The normalized spacial score (nSPS) is 25.8. The van der Waals surface area contributed by atoms with Crippen molar-refractivity contribution in [3.63, 3.8) is 0 Å². The first kappa shape index (κ1) is 16.9. The zero-order chi connectivity index (χ0) is 18.2. The van der Waals surface area contributed by atoms with Crippen LogP contribution in [0.15, 0.2) is 29.3 Å². The van der Waals surface area contributed by atoms with Crippen molar-refractivity contribution >= 4 is 5.82 Å². The number of rotatable bonds is 5. The summed E-state index contributed by atoms with van der Waals surface area (Å²) in [6.07, 6.45) is 12.0. The van der Waals surface area contributed by atoms with E-state index >= 15 is 0 Å². The topological polar surface area (TPSA) is 72.7 Å². The van der Waals surface area contributed by atoms with Crippen LogP contribution in [0.1, 0.15) is 87.1 Å². The summed E-state index contributed by atoms with van der Waals surface area (Å²) in [5, 5.41) is 8.27. The molecule has 5 rings (SSSR count). The second-order valence-corrected chi connectivity index (χ2v) is 8.42. The minimum absolute atomic E-state index is 0.0387. The number of nitrogens with zero attached hydrogens (tertiary/aromatic N) is 4. The summed E-state index contributed by atoms with van der Waals surface area (Å²) in [5.74, 6) is 2.15. The van der Waals surface area contributed by atoms with Gasteiger partial charge < -0.3 is 5.32 Å². The molecular weight excluding hydrogens is 338 g/mol. The highest BCUT2D eigenvalue weighted by Crippen LogP contribution is 2.39. The number of hydrogen-bond donors (Lipinski definition) is 1. The van der Waals surface area contributed by atoms with E-state index in [1.54, 1.807) is 17.1 Å². The van der Waals surface area contributed by atoms with E-state index in [1.165, 1.54) is 37.8 Å². The third-order valence-corrected chi connectivity index (χ3v) is 6.45. The average Bonchev–Trinajstić information content (AvgIpc) is 3.47. The maximum atomic E-state index is 12.3. The van der Waals surface area contributed by atoms with Crippen molar-refractivity contribution in [3.05, 3.63) is 46.3 Å². The van der Waals surface area contributed by atoms with E-state index in [0.717, 1.165) is 37.2 Å². The van der Waals surface area contributed by atoms with Crippen molar-refractivity contribution in [3.8, 4) is 0 Å². The second kappa shape index (κ2) is 7.06. The standard InChI is InChI=1S/C21H27N5O/c27-21-11-10-18(15-4-5-15)25-26(21)17-8-6-16(7-9-17)24-20-12-19(22-13-23-20)14-2-1-3-14/h10-17H,1-9H2,(H,22,23,24). The van der Waals surface area contributed by atoms with Crippen molar-refractivity contribution < 1.29 is 0 Å². The van der Waals surface area contributed by atoms with Gasteiger partial charge in [-0.25, -0.2) is 14.6 Å². The quantitative estimate of drug-likeness (QED) is 0.873. The fourth-order valence-corrected chi connectivity index (χ4v) is 4.35. The van der Waals surface area contributed by atoms with E-state index in [2.05, 4.69) is 26.4 Å². The zero-order valence-electron chi connectivity index (χ0n) is 15.7. The molecule has 0 spiro atoms. The van der Waals surface area contributed by atoms with E-state index in [4.69, 9.17) is 0 Å². The Morgan fingerprint density at radius 3 is 2.37 bits per heavy atom. The van der Waals surface area contributed by atoms with Gasteiger partial charge in [0, 0.05) is 35.7 Å². The molecule has 0 atom stereocenters. The zero-order valence-corrected chi connectivity index (χ0v) is 15.7. The summed E-state index contributed by atoms with van der Waals surface area (Å²) < 4.78 is 1.75. The molecule has 0 saturated heterocycles. The third kappa shape index (κ3) is 3.62. The van der Waals surface area contributed by atoms with Gasteiger partial charge in [-0.1, -0.05) is 6.42 Å². The SMILES string of the molecule is O=c1ccc(C2CC2)nn1C1CCC(Nc2cc(C3CCC3)ncn2)CC1. The fourth-order valence-electron chi connectivity index (χ4n) is 4.35. The smallest absolute Gasteiger partial charge is 0.267 e. The minimum atomic E-state index is 0.0387. The lowest BCUT2D eigenvalue weighted by Gasteiger charge is -2.30. The fraction of sp³-hybridized carbons (Fsp3) is 0.619. The minimum Gasteiger partial charge on any atom is -0.367 e. The van der Waals surface area contributed by atoms with Gasteiger partial charge in [0.2, 0.25) is 0 Å². The molecule has 6 heteroatoms. The van der Waals surface area contributed by atoms with Crippen LogP contribution in [0.3, 0.4) is 0 Å². The summed E-state index contributed by atoms with van der Waals surface area (Å²) in [4.78, 5) is 21.1. The Labute approximate surface area is 159 Å². The van der Waals surface area contributed by atoms with Crippen molar-refractivity contribution in [1.29, 1.82) is 0 Å². The maximum absolute atomic E-state index is 12.3. The van der Waals surface area contributed by atoms with Crippen LogP contribution in [-0.2, 0) is 0 Å². The molecule has 0 radical (unpaired) electrons. The van der Waals surface area contributed by atoms with Gasteiger partial charge in [0.1, 0.15) is 12.1 Å². The van der Waals surface area contributed by atoms with Gasteiger partial charge in [0.15, 0.2) is 0 Å². The van der Waals surface area contributed by atoms with E-state index in [0.29, 0.717) is 17.9 Å². The molecule has 142 valence electrons. The highest BCUT2D eigenvalue weighted by Gasteiger charge is 2.28. The van der Waals surface area contributed by atoms with E-state index < -0.39 is 0 Å². The highest BCUT2D eigenvalue weighted by molar-refractivity contribution is 5.37. The van der Waals surface area contributed by atoms with Crippen LogP contribution in [-0.4, -0.2) is 25.8 Å². The van der Waals surface area contributed by atoms with Crippen LogP contribution in [0.25, 0.3) is 0 Å². The van der Waals surface area contributed by atoms with Crippen LogP contribution < -0.4 is 10.9 Å². The Morgan fingerprint density at radius 1 is 0.889 bits per heavy atom. The molecule has 3 aliphatic rings. The van der Waals surface area contributed by atoms with Gasteiger partial charge in [0.25, 0.3) is 5.56 Å². The van der Waals surface area contributed by atoms with Crippen LogP contribution in [0, 0.1) is 0 Å². The molecule has 3 fully saturated rings. The molecular formula is C21H27N5O.